The smallest absolute Gasteiger partial charge is 0.256 e. The lowest BCUT2D eigenvalue weighted by Gasteiger charge is -2.15. The summed E-state index contributed by atoms with van der Waals surface area (Å²) in [5.41, 5.74) is 0.950. The van der Waals surface area contributed by atoms with Crippen LogP contribution >= 0.6 is 0 Å². The van der Waals surface area contributed by atoms with Crippen molar-refractivity contribution in [3.63, 3.8) is 0 Å². The fourth-order valence-corrected chi connectivity index (χ4v) is 1.94. The topological polar surface area (TPSA) is 31.4 Å². The maximum atomic E-state index is 5.86. The van der Waals surface area contributed by atoms with Gasteiger partial charge in [0.25, 0.3) is 5.88 Å². The van der Waals surface area contributed by atoms with Crippen LogP contribution in [0.5, 0.6) is 11.6 Å². The minimum atomic E-state index is 0.350. The van der Waals surface area contributed by atoms with Crippen molar-refractivity contribution in [3.05, 3.63) is 17.8 Å². The lowest BCUT2D eigenvalue weighted by molar-refractivity contribution is 0.198. The van der Waals surface area contributed by atoms with Crippen LogP contribution in [0.25, 0.3) is 0 Å². The number of aromatic nitrogens is 1. The zero-order valence-corrected chi connectivity index (χ0v) is 9.32. The molecular formula is C12H17NO2. The van der Waals surface area contributed by atoms with Crippen LogP contribution in [0.1, 0.15) is 31.4 Å². The van der Waals surface area contributed by atoms with Gasteiger partial charge in [-0.15, -0.1) is 0 Å². The van der Waals surface area contributed by atoms with Gasteiger partial charge in [0.1, 0.15) is 0 Å². The first-order valence-corrected chi connectivity index (χ1v) is 5.48. The lowest BCUT2D eigenvalue weighted by atomic mass is 10.3. The van der Waals surface area contributed by atoms with Crippen LogP contribution in [0.2, 0.25) is 0 Å². The van der Waals surface area contributed by atoms with Gasteiger partial charge in [0.15, 0.2) is 5.75 Å². The van der Waals surface area contributed by atoms with Gasteiger partial charge < -0.3 is 9.47 Å². The molecule has 0 bridgehead atoms. The Hall–Kier alpha value is -1.25. The molecule has 0 unspecified atom stereocenters. The van der Waals surface area contributed by atoms with E-state index in [2.05, 4.69) is 4.98 Å². The monoisotopic (exact) mass is 207 g/mol. The van der Waals surface area contributed by atoms with Crippen LogP contribution < -0.4 is 9.47 Å². The number of hydrogen-bond acceptors (Lipinski definition) is 3. The summed E-state index contributed by atoms with van der Waals surface area (Å²) in [6.07, 6.45) is 5.19. The van der Waals surface area contributed by atoms with E-state index in [1.54, 1.807) is 7.11 Å². The molecule has 1 heterocycles. The molecule has 1 aromatic rings. The zero-order valence-electron chi connectivity index (χ0n) is 9.32. The van der Waals surface area contributed by atoms with Crippen LogP contribution in [0.15, 0.2) is 12.1 Å². The van der Waals surface area contributed by atoms with Crippen LogP contribution in [-0.2, 0) is 0 Å². The van der Waals surface area contributed by atoms with Crippen LogP contribution in [0, 0.1) is 6.92 Å². The largest absolute Gasteiger partial charge is 0.485 e. The maximum Gasteiger partial charge on any atom is 0.256 e. The second-order valence-corrected chi connectivity index (χ2v) is 3.98. The van der Waals surface area contributed by atoms with Crippen molar-refractivity contribution in [1.29, 1.82) is 0 Å². The van der Waals surface area contributed by atoms with E-state index in [0.29, 0.717) is 12.0 Å². The molecule has 0 atom stereocenters. The highest BCUT2D eigenvalue weighted by Crippen LogP contribution is 2.29. The van der Waals surface area contributed by atoms with E-state index in [1.165, 1.54) is 12.8 Å². The number of nitrogens with zero attached hydrogens (tertiary/aromatic N) is 1. The number of ether oxygens (including phenoxy) is 2. The Bertz CT molecular complexity index is 332. The van der Waals surface area contributed by atoms with Crippen molar-refractivity contribution >= 4 is 0 Å². The molecule has 0 N–H and O–H groups in total. The third kappa shape index (κ3) is 2.41. The summed E-state index contributed by atoms with van der Waals surface area (Å²) < 4.78 is 11.1. The fourth-order valence-electron chi connectivity index (χ4n) is 1.94. The van der Waals surface area contributed by atoms with E-state index >= 15 is 0 Å². The van der Waals surface area contributed by atoms with Gasteiger partial charge >= 0.3 is 0 Å². The van der Waals surface area contributed by atoms with E-state index < -0.39 is 0 Å². The fraction of sp³-hybridized carbons (Fsp3) is 0.583. The molecule has 15 heavy (non-hydrogen) atoms. The highest BCUT2D eigenvalue weighted by molar-refractivity contribution is 5.34. The molecule has 3 nitrogen and oxygen atoms in total. The summed E-state index contributed by atoms with van der Waals surface area (Å²) in [4.78, 5) is 4.29. The first-order valence-electron chi connectivity index (χ1n) is 5.48. The molecule has 0 radical (unpaired) electrons. The van der Waals surface area contributed by atoms with E-state index in [1.807, 2.05) is 19.1 Å². The molecule has 82 valence electrons. The Balaban J connectivity index is 2.12. The van der Waals surface area contributed by atoms with Crippen molar-refractivity contribution in [2.45, 2.75) is 38.7 Å². The van der Waals surface area contributed by atoms with Crippen LogP contribution in [0.4, 0.5) is 0 Å². The first-order chi connectivity index (χ1) is 7.29. The minimum Gasteiger partial charge on any atom is -0.485 e. The summed E-state index contributed by atoms with van der Waals surface area (Å²) in [5, 5.41) is 0. The van der Waals surface area contributed by atoms with Gasteiger partial charge in [-0.05, 0) is 44.7 Å². The molecule has 1 aromatic heterocycles. The van der Waals surface area contributed by atoms with Gasteiger partial charge in [-0.25, -0.2) is 4.98 Å². The SMILES string of the molecule is COc1nc(C)ccc1OC1CCCC1. The molecular weight excluding hydrogens is 190 g/mol. The molecule has 1 aliphatic carbocycles. The number of methoxy groups -OCH3 is 1. The minimum absolute atomic E-state index is 0.350. The molecule has 0 saturated heterocycles. The van der Waals surface area contributed by atoms with E-state index in [9.17, 15) is 0 Å². The highest BCUT2D eigenvalue weighted by atomic mass is 16.5. The quantitative estimate of drug-likeness (QED) is 0.763. The van der Waals surface area contributed by atoms with Gasteiger partial charge in [0.05, 0.1) is 13.2 Å². The first kappa shape index (κ1) is 10.3. The second kappa shape index (κ2) is 4.51. The Morgan fingerprint density at radius 2 is 2.00 bits per heavy atom. The van der Waals surface area contributed by atoms with E-state index in [-0.39, 0.29) is 0 Å². The van der Waals surface area contributed by atoms with Gasteiger partial charge in [0.2, 0.25) is 0 Å². The number of aryl methyl sites for hydroxylation is 1. The van der Waals surface area contributed by atoms with Crippen molar-refractivity contribution in [3.8, 4) is 11.6 Å². The van der Waals surface area contributed by atoms with Crippen LogP contribution in [0.3, 0.4) is 0 Å². The third-order valence-electron chi connectivity index (χ3n) is 2.75. The Kier molecular flexibility index (Phi) is 3.09. The van der Waals surface area contributed by atoms with Gasteiger partial charge in [0, 0.05) is 5.69 Å². The predicted octanol–water partition coefficient (Wildman–Crippen LogP) is 2.72. The summed E-state index contributed by atoms with van der Waals surface area (Å²) in [5.74, 6) is 1.37. The molecule has 0 amide bonds. The summed E-state index contributed by atoms with van der Waals surface area (Å²) in [7, 11) is 1.63. The molecule has 3 heteroatoms. The number of hydrogen-bond donors (Lipinski definition) is 0. The second-order valence-electron chi connectivity index (χ2n) is 3.98. The Morgan fingerprint density at radius 1 is 1.27 bits per heavy atom. The average molecular weight is 207 g/mol. The third-order valence-corrected chi connectivity index (χ3v) is 2.75. The molecule has 1 fully saturated rings. The average Bonchev–Trinajstić information content (AvgIpc) is 2.73. The summed E-state index contributed by atoms with van der Waals surface area (Å²) in [6.45, 7) is 1.95. The molecule has 0 spiro atoms. The molecule has 1 saturated carbocycles. The van der Waals surface area contributed by atoms with Crippen molar-refractivity contribution in [2.24, 2.45) is 0 Å². The summed E-state index contributed by atoms with van der Waals surface area (Å²) in [6, 6.07) is 3.90. The molecule has 0 aromatic carbocycles. The van der Waals surface area contributed by atoms with E-state index in [0.717, 1.165) is 24.3 Å². The van der Waals surface area contributed by atoms with Crippen LogP contribution in [-0.4, -0.2) is 18.2 Å². The van der Waals surface area contributed by atoms with E-state index in [4.69, 9.17) is 9.47 Å². The lowest BCUT2D eigenvalue weighted by Crippen LogP contribution is -2.12. The standard InChI is InChI=1S/C12H17NO2/c1-9-7-8-11(12(13-9)14-2)15-10-5-3-4-6-10/h7-8,10H,3-6H2,1-2H3. The van der Waals surface area contributed by atoms with Gasteiger partial charge in [-0.3, -0.25) is 0 Å². The molecule has 1 aliphatic rings. The maximum absolute atomic E-state index is 5.86. The highest BCUT2D eigenvalue weighted by Gasteiger charge is 2.18. The normalized spacial score (nSPS) is 16.7. The summed E-state index contributed by atoms with van der Waals surface area (Å²) >= 11 is 0. The van der Waals surface area contributed by atoms with Crippen molar-refractivity contribution in [2.75, 3.05) is 7.11 Å². The number of rotatable bonds is 3. The Labute approximate surface area is 90.4 Å². The Morgan fingerprint density at radius 3 is 2.67 bits per heavy atom. The van der Waals surface area contributed by atoms with Crippen molar-refractivity contribution in [1.82, 2.24) is 4.98 Å². The zero-order chi connectivity index (χ0) is 10.7. The van der Waals surface area contributed by atoms with Gasteiger partial charge in [-0.1, -0.05) is 0 Å². The van der Waals surface area contributed by atoms with Crippen molar-refractivity contribution < 1.29 is 9.47 Å². The van der Waals surface area contributed by atoms with Gasteiger partial charge in [-0.2, -0.15) is 0 Å². The number of pyridine rings is 1. The molecule has 2 rings (SSSR count). The molecule has 0 aliphatic heterocycles. The predicted molar refractivity (Wildman–Crippen MR) is 58.4 cm³/mol.